The van der Waals surface area contributed by atoms with E-state index < -0.39 is 0 Å². The van der Waals surface area contributed by atoms with E-state index in [0.717, 1.165) is 33.9 Å². The number of hydrogen-bond donors (Lipinski definition) is 1. The molecule has 39 heavy (non-hydrogen) atoms. The Morgan fingerprint density at radius 3 is 2.49 bits per heavy atom. The van der Waals surface area contributed by atoms with Crippen LogP contribution in [0.1, 0.15) is 48.2 Å². The number of thiophene rings is 1. The van der Waals surface area contributed by atoms with E-state index in [0.29, 0.717) is 38.4 Å². The average Bonchev–Trinajstić information content (AvgIpc) is 3.62. The second kappa shape index (κ2) is 10.0. The molecular weight excluding hydrogens is 512 g/mol. The van der Waals surface area contributed by atoms with Gasteiger partial charge in [0, 0.05) is 48.7 Å². The number of furan rings is 1. The minimum absolute atomic E-state index is 0.0240. The lowest BCUT2D eigenvalue weighted by molar-refractivity contribution is -0.131. The number of piperazine rings is 1. The van der Waals surface area contributed by atoms with Crippen molar-refractivity contribution in [2.75, 3.05) is 42.9 Å². The summed E-state index contributed by atoms with van der Waals surface area (Å²) >= 11 is 1.61. The summed E-state index contributed by atoms with van der Waals surface area (Å²) in [5.74, 6) is 0.258. The van der Waals surface area contributed by atoms with Crippen molar-refractivity contribution in [1.29, 1.82) is 0 Å². The topological polar surface area (TPSA) is 86.1 Å². The van der Waals surface area contributed by atoms with Crippen LogP contribution in [0.3, 0.4) is 0 Å². The quantitative estimate of drug-likeness (QED) is 0.501. The Kier molecular flexibility index (Phi) is 6.54. The molecule has 1 fully saturated rings. The van der Waals surface area contributed by atoms with Crippen LogP contribution in [0.5, 0.6) is 0 Å². The zero-order chi connectivity index (χ0) is 27.1. The van der Waals surface area contributed by atoms with Gasteiger partial charge in [0.05, 0.1) is 30.2 Å². The molecule has 2 aromatic heterocycles. The molecule has 0 spiro atoms. The SMILES string of the molecule is CC1(C)CC(=O)C2=C(C1)Nc1ccccc1N(CC(=O)N1CCN(C(=O)c3ccco3)CC1)C2c1cccs1. The molecule has 0 radical (unpaired) electrons. The van der Waals surface area contributed by atoms with Crippen molar-refractivity contribution in [1.82, 2.24) is 9.80 Å². The number of nitrogens with one attached hydrogen (secondary N) is 1. The van der Waals surface area contributed by atoms with E-state index >= 15 is 0 Å². The first-order valence-electron chi connectivity index (χ1n) is 13.3. The molecule has 1 aliphatic carbocycles. The van der Waals surface area contributed by atoms with Gasteiger partial charge in [0.25, 0.3) is 5.91 Å². The maximum Gasteiger partial charge on any atom is 0.289 e. The van der Waals surface area contributed by atoms with Crippen LogP contribution in [0.25, 0.3) is 0 Å². The minimum atomic E-state index is -0.356. The molecule has 3 aromatic rings. The van der Waals surface area contributed by atoms with Gasteiger partial charge in [0.1, 0.15) is 0 Å². The highest BCUT2D eigenvalue weighted by molar-refractivity contribution is 7.10. The van der Waals surface area contributed by atoms with Crippen LogP contribution < -0.4 is 10.2 Å². The number of amides is 2. The van der Waals surface area contributed by atoms with Gasteiger partial charge in [-0.2, -0.15) is 0 Å². The first-order chi connectivity index (χ1) is 18.8. The molecule has 1 aromatic carbocycles. The van der Waals surface area contributed by atoms with Gasteiger partial charge < -0.3 is 24.4 Å². The van der Waals surface area contributed by atoms with Crippen LogP contribution in [0.2, 0.25) is 0 Å². The Hall–Kier alpha value is -3.85. The van der Waals surface area contributed by atoms with E-state index in [1.807, 2.05) is 40.6 Å². The number of anilines is 2. The fraction of sp³-hybridized carbons (Fsp3) is 0.367. The Bertz CT molecular complexity index is 1420. The van der Waals surface area contributed by atoms with E-state index in [9.17, 15) is 14.4 Å². The van der Waals surface area contributed by atoms with E-state index in [2.05, 4.69) is 30.1 Å². The van der Waals surface area contributed by atoms with Crippen molar-refractivity contribution in [3.8, 4) is 0 Å². The van der Waals surface area contributed by atoms with Crippen molar-refractivity contribution in [3.05, 3.63) is 82.1 Å². The number of Topliss-reactive ketones (excluding diaryl/α,β-unsaturated/α-hetero) is 1. The lowest BCUT2D eigenvalue weighted by atomic mass is 9.74. The molecular formula is C30H32N4O4S. The largest absolute Gasteiger partial charge is 0.459 e. The van der Waals surface area contributed by atoms with Crippen LogP contribution >= 0.6 is 11.3 Å². The number of nitrogens with zero attached hydrogens (tertiary/aromatic N) is 3. The van der Waals surface area contributed by atoms with Gasteiger partial charge in [-0.3, -0.25) is 14.4 Å². The number of benzene rings is 1. The highest BCUT2D eigenvalue weighted by Crippen LogP contribution is 2.48. The molecule has 1 saturated heterocycles. The highest BCUT2D eigenvalue weighted by atomic mass is 32.1. The molecule has 1 atom stereocenters. The second-order valence-electron chi connectivity index (χ2n) is 11.2. The number of carbonyl (C=O) groups is 3. The van der Waals surface area contributed by atoms with Crippen molar-refractivity contribution < 1.29 is 18.8 Å². The van der Waals surface area contributed by atoms with Crippen LogP contribution in [-0.2, 0) is 9.59 Å². The summed E-state index contributed by atoms with van der Waals surface area (Å²) in [6.45, 7) is 6.17. The van der Waals surface area contributed by atoms with Gasteiger partial charge in [-0.1, -0.05) is 32.0 Å². The maximum atomic E-state index is 13.8. The minimum Gasteiger partial charge on any atom is -0.459 e. The van der Waals surface area contributed by atoms with Gasteiger partial charge in [-0.15, -0.1) is 11.3 Å². The molecule has 3 aliphatic rings. The number of hydrogen-bond acceptors (Lipinski definition) is 7. The summed E-state index contributed by atoms with van der Waals surface area (Å²) in [6, 6.07) is 15.0. The van der Waals surface area contributed by atoms with E-state index in [-0.39, 0.29) is 35.6 Å². The summed E-state index contributed by atoms with van der Waals surface area (Å²) in [6.07, 6.45) is 2.72. The monoisotopic (exact) mass is 544 g/mol. The summed E-state index contributed by atoms with van der Waals surface area (Å²) in [5, 5.41) is 5.62. The van der Waals surface area contributed by atoms with Gasteiger partial charge >= 0.3 is 0 Å². The van der Waals surface area contributed by atoms with Gasteiger partial charge in [0.2, 0.25) is 5.91 Å². The summed E-state index contributed by atoms with van der Waals surface area (Å²) in [7, 11) is 0. The fourth-order valence-electron chi connectivity index (χ4n) is 5.93. The number of rotatable bonds is 4. The normalized spacial score (nSPS) is 20.7. The molecule has 0 saturated carbocycles. The number of ketones is 1. The summed E-state index contributed by atoms with van der Waals surface area (Å²) in [4.78, 5) is 46.9. The lowest BCUT2D eigenvalue weighted by Crippen LogP contribution is -2.53. The van der Waals surface area contributed by atoms with Gasteiger partial charge in [-0.25, -0.2) is 0 Å². The molecule has 4 heterocycles. The maximum absolute atomic E-state index is 13.8. The smallest absolute Gasteiger partial charge is 0.289 e. The first kappa shape index (κ1) is 25.4. The number of allylic oxidation sites excluding steroid dienone is 1. The Balaban J connectivity index is 1.30. The fourth-order valence-corrected chi connectivity index (χ4v) is 6.78. The molecule has 2 aliphatic heterocycles. The highest BCUT2D eigenvalue weighted by Gasteiger charge is 2.42. The summed E-state index contributed by atoms with van der Waals surface area (Å²) in [5.41, 5.74) is 3.36. The molecule has 8 nitrogen and oxygen atoms in total. The molecule has 0 bridgehead atoms. The van der Waals surface area contributed by atoms with Gasteiger partial charge in [-0.05, 0) is 47.5 Å². The van der Waals surface area contributed by atoms with Crippen LogP contribution in [0.15, 0.2) is 75.9 Å². The zero-order valence-corrected chi connectivity index (χ0v) is 23.0. The second-order valence-corrected chi connectivity index (χ2v) is 12.2. The van der Waals surface area contributed by atoms with Crippen LogP contribution in [0, 0.1) is 5.41 Å². The van der Waals surface area contributed by atoms with E-state index in [1.165, 1.54) is 6.26 Å². The molecule has 2 amide bonds. The lowest BCUT2D eigenvalue weighted by Gasteiger charge is -2.39. The first-order valence-corrected chi connectivity index (χ1v) is 14.2. The van der Waals surface area contributed by atoms with Crippen LogP contribution in [-0.4, -0.2) is 60.1 Å². The van der Waals surface area contributed by atoms with Gasteiger partial charge in [0.15, 0.2) is 11.5 Å². The van der Waals surface area contributed by atoms with Crippen molar-refractivity contribution in [3.63, 3.8) is 0 Å². The third-order valence-corrected chi connectivity index (χ3v) is 8.70. The molecule has 9 heteroatoms. The van der Waals surface area contributed by atoms with E-state index in [1.54, 1.807) is 28.4 Å². The number of carbonyl (C=O) groups excluding carboxylic acids is 3. The Morgan fingerprint density at radius 1 is 1.00 bits per heavy atom. The third-order valence-electron chi connectivity index (χ3n) is 7.77. The predicted molar refractivity (Wildman–Crippen MR) is 151 cm³/mol. The van der Waals surface area contributed by atoms with Crippen LogP contribution in [0.4, 0.5) is 11.4 Å². The van der Waals surface area contributed by atoms with Crippen molar-refractivity contribution in [2.45, 2.75) is 32.7 Å². The van der Waals surface area contributed by atoms with Crippen molar-refractivity contribution >= 4 is 40.3 Å². The predicted octanol–water partition coefficient (Wildman–Crippen LogP) is 4.94. The Morgan fingerprint density at radius 2 is 1.77 bits per heavy atom. The van der Waals surface area contributed by atoms with E-state index in [4.69, 9.17) is 4.42 Å². The summed E-state index contributed by atoms with van der Waals surface area (Å²) < 4.78 is 5.27. The third kappa shape index (κ3) is 4.87. The number of para-hydroxylation sites is 2. The standard InChI is InChI=1S/C30H32N4O4S/c1-30(2)17-21-27(23(35)18-30)28(25-10-6-16-39-25)34(22-8-4-3-7-20(22)31-21)19-26(36)32-11-13-33(14-12-32)29(37)24-9-5-15-38-24/h3-10,15-16,28,31H,11-14,17-19H2,1-2H3. The molecule has 202 valence electrons. The molecule has 1 N–H and O–H groups in total. The molecule has 1 unspecified atom stereocenters. The average molecular weight is 545 g/mol. The molecule has 6 rings (SSSR count). The zero-order valence-electron chi connectivity index (χ0n) is 22.2. The Labute approximate surface area is 231 Å². The van der Waals surface area contributed by atoms with Crippen molar-refractivity contribution in [2.24, 2.45) is 5.41 Å². The number of fused-ring (bicyclic) bond motifs is 1.